The summed E-state index contributed by atoms with van der Waals surface area (Å²) in [5, 5.41) is 10.1. The molecule has 0 aliphatic heterocycles. The Bertz CT molecular complexity index is 6450. The molecule has 520 valence electrons. The molecule has 110 heavy (non-hydrogen) atoms. The molecule has 0 aliphatic carbocycles. The zero-order valence-corrected chi connectivity index (χ0v) is 61.5. The molecular weight excluding hydrogens is 1330 g/mol. The minimum atomic E-state index is 1.11. The van der Waals surface area contributed by atoms with Gasteiger partial charge in [-0.1, -0.05) is 364 Å². The molecule has 0 radical (unpaired) electrons. The summed E-state index contributed by atoms with van der Waals surface area (Å²) in [4.78, 5) is 4.73. The molecule has 0 fully saturated rings. The average Bonchev–Trinajstić information content (AvgIpc) is 0.806. The summed E-state index contributed by atoms with van der Waals surface area (Å²) in [6.07, 6.45) is 0. The van der Waals surface area contributed by atoms with Gasteiger partial charge in [0, 0.05) is 34.1 Å². The van der Waals surface area contributed by atoms with Crippen LogP contribution >= 0.6 is 0 Å². The van der Waals surface area contributed by atoms with E-state index in [1.807, 2.05) is 0 Å². The fourth-order valence-corrected chi connectivity index (χ4v) is 16.0. The van der Waals surface area contributed by atoms with Crippen molar-refractivity contribution in [3.63, 3.8) is 0 Å². The van der Waals surface area contributed by atoms with Crippen molar-refractivity contribution in [3.8, 4) is 100 Å². The Hall–Kier alpha value is -14.2. The molecule has 0 saturated heterocycles. The third-order valence-electron chi connectivity index (χ3n) is 21.7. The average molecular weight is 1400 g/mol. The number of rotatable bonds is 15. The minimum Gasteiger partial charge on any atom is -0.310 e. The highest BCUT2D eigenvalue weighted by Gasteiger charge is 2.20. The first kappa shape index (κ1) is 67.7. The molecule has 0 unspecified atom stereocenters. The van der Waals surface area contributed by atoms with Gasteiger partial charge in [-0.2, -0.15) is 0 Å². The summed E-state index contributed by atoms with van der Waals surface area (Å²) in [6.45, 7) is 4.45. The lowest BCUT2D eigenvalue weighted by Crippen LogP contribution is -2.10. The maximum atomic E-state index is 2.36. The summed E-state index contributed by atoms with van der Waals surface area (Å²) in [5.74, 6) is 0. The van der Waals surface area contributed by atoms with E-state index in [-0.39, 0.29) is 0 Å². The number of aryl methyl sites for hydroxylation is 2. The second kappa shape index (κ2) is 30.4. The van der Waals surface area contributed by atoms with Gasteiger partial charge in [0.05, 0.1) is 0 Å². The van der Waals surface area contributed by atoms with Gasteiger partial charge in [-0.25, -0.2) is 0 Å². The lowest BCUT2D eigenvalue weighted by Gasteiger charge is -2.27. The maximum absolute atomic E-state index is 2.36. The first-order valence-corrected chi connectivity index (χ1v) is 37.9. The van der Waals surface area contributed by atoms with Gasteiger partial charge in [-0.05, 0) is 241 Å². The molecule has 19 aromatic rings. The van der Waals surface area contributed by atoms with E-state index < -0.39 is 0 Å². The Morgan fingerprint density at radius 2 is 0.345 bits per heavy atom. The van der Waals surface area contributed by atoms with Crippen molar-refractivity contribution in [2.75, 3.05) is 9.80 Å². The van der Waals surface area contributed by atoms with E-state index in [9.17, 15) is 0 Å². The quantitative estimate of drug-likeness (QED) is 0.101. The largest absolute Gasteiger partial charge is 0.310 e. The number of benzene rings is 19. The summed E-state index contributed by atoms with van der Waals surface area (Å²) >= 11 is 0. The fraction of sp³-hybridized carbons (Fsp3) is 0.0185. The zero-order chi connectivity index (χ0) is 73.7. The van der Waals surface area contributed by atoms with Crippen molar-refractivity contribution >= 4 is 77.2 Å². The molecule has 19 rings (SSSR count). The summed E-state index contributed by atoms with van der Waals surface area (Å²) in [7, 11) is 0. The van der Waals surface area contributed by atoms with Gasteiger partial charge in [0.25, 0.3) is 0 Å². The second-order valence-corrected chi connectivity index (χ2v) is 28.4. The van der Waals surface area contributed by atoms with Crippen LogP contribution in [0.4, 0.5) is 34.1 Å². The molecule has 0 N–H and O–H groups in total. The number of nitrogens with zero attached hydrogens (tertiary/aromatic N) is 2. The molecule has 0 saturated carbocycles. The molecule has 2 heteroatoms. The Balaban J connectivity index is 0.000000155. The zero-order valence-electron chi connectivity index (χ0n) is 61.5. The van der Waals surface area contributed by atoms with E-state index in [1.54, 1.807) is 0 Å². The molecule has 0 aliphatic rings. The predicted molar refractivity (Wildman–Crippen MR) is 471 cm³/mol. The first-order chi connectivity index (χ1) is 54.3. The van der Waals surface area contributed by atoms with Crippen LogP contribution in [0, 0.1) is 13.8 Å². The summed E-state index contributed by atoms with van der Waals surface area (Å²) in [5.41, 5.74) is 31.2. The minimum absolute atomic E-state index is 1.11. The molecular formula is C108H78N2. The number of hydrogen-bond donors (Lipinski definition) is 0. The van der Waals surface area contributed by atoms with Crippen molar-refractivity contribution < 1.29 is 0 Å². The van der Waals surface area contributed by atoms with E-state index in [0.717, 1.165) is 34.1 Å². The van der Waals surface area contributed by atoms with Crippen molar-refractivity contribution in [1.29, 1.82) is 0 Å². The van der Waals surface area contributed by atoms with Gasteiger partial charge in [-0.15, -0.1) is 0 Å². The van der Waals surface area contributed by atoms with Crippen molar-refractivity contribution in [2.45, 2.75) is 13.8 Å². The molecule has 0 aromatic heterocycles. The lowest BCUT2D eigenvalue weighted by molar-refractivity contribution is 1.27. The Kier molecular flexibility index (Phi) is 18.7. The molecule has 0 bridgehead atoms. The molecule has 0 heterocycles. The maximum Gasteiger partial charge on any atom is 0.0464 e. The van der Waals surface area contributed by atoms with Gasteiger partial charge in [0.1, 0.15) is 0 Å². The fourth-order valence-electron chi connectivity index (χ4n) is 16.0. The number of fused-ring (bicyclic) bond motifs is 4. The molecule has 0 spiro atoms. The Morgan fingerprint density at radius 3 is 0.645 bits per heavy atom. The predicted octanol–water partition coefficient (Wildman–Crippen LogP) is 30.5. The standard InChI is InChI=1S/C57H41N.C51H37N/c1-40-39-52(37-38-53(40)47-25-27-49(28-26-47)57-20-10-16-46-14-6-8-18-55(46)57)58(50-33-29-43(30-34-50)41-11-3-2-4-12-41)51-35-31-44(32-36-51)42-21-23-48(24-22-42)56-19-9-15-45-13-5-7-17-54(45)56;1-36-35-46(33-34-47(36)51-20-10-16-42-14-6-8-18-50(42)51)52(44-29-25-39(26-30-44)37-11-3-2-4-12-37)45-31-27-40(28-32-45)38-21-23-43(24-22-38)49-19-9-15-41-13-5-7-17-48(41)49/h2-39H,1H3;2-35H,1H3. The van der Waals surface area contributed by atoms with Crippen LogP contribution in [0.5, 0.6) is 0 Å². The normalized spacial score (nSPS) is 11.2. The molecule has 0 atom stereocenters. The van der Waals surface area contributed by atoms with Crippen LogP contribution in [0.2, 0.25) is 0 Å². The SMILES string of the molecule is Cc1cc(N(c2ccc(-c3ccccc3)cc2)c2ccc(-c3ccc(-c4cccc5ccccc45)cc3)cc2)ccc1-c1ccc(-c2cccc3ccccc23)cc1.Cc1cc(N(c2ccc(-c3ccccc3)cc2)c2ccc(-c3ccc(-c4cccc5ccccc45)cc3)cc2)ccc1-c1cccc2ccccc12. The van der Waals surface area contributed by atoms with Crippen LogP contribution in [-0.4, -0.2) is 0 Å². The van der Waals surface area contributed by atoms with Gasteiger partial charge in [0.15, 0.2) is 0 Å². The van der Waals surface area contributed by atoms with Crippen LogP contribution in [0.3, 0.4) is 0 Å². The smallest absolute Gasteiger partial charge is 0.0464 e. The monoisotopic (exact) mass is 1400 g/mol. The molecule has 2 nitrogen and oxygen atoms in total. The van der Waals surface area contributed by atoms with E-state index >= 15 is 0 Å². The van der Waals surface area contributed by atoms with Crippen molar-refractivity contribution in [3.05, 3.63) is 448 Å². The van der Waals surface area contributed by atoms with E-state index in [1.165, 1.54) is 154 Å². The third kappa shape index (κ3) is 13.8. The van der Waals surface area contributed by atoms with Crippen LogP contribution in [0.15, 0.2) is 437 Å². The van der Waals surface area contributed by atoms with Crippen LogP contribution in [0.25, 0.3) is 143 Å². The summed E-state index contributed by atoms with van der Waals surface area (Å²) in [6, 6.07) is 158. The van der Waals surface area contributed by atoms with Gasteiger partial charge in [0.2, 0.25) is 0 Å². The topological polar surface area (TPSA) is 6.48 Å². The Morgan fingerprint density at radius 1 is 0.136 bits per heavy atom. The third-order valence-corrected chi connectivity index (χ3v) is 21.7. The highest BCUT2D eigenvalue weighted by atomic mass is 15.1. The van der Waals surface area contributed by atoms with Gasteiger partial charge < -0.3 is 9.80 Å². The van der Waals surface area contributed by atoms with Crippen LogP contribution in [-0.2, 0) is 0 Å². The Labute approximate surface area is 644 Å². The van der Waals surface area contributed by atoms with Crippen molar-refractivity contribution in [2.24, 2.45) is 0 Å². The van der Waals surface area contributed by atoms with Crippen LogP contribution < -0.4 is 9.80 Å². The van der Waals surface area contributed by atoms with Gasteiger partial charge >= 0.3 is 0 Å². The van der Waals surface area contributed by atoms with E-state index in [2.05, 4.69) is 460 Å². The first-order valence-electron chi connectivity index (χ1n) is 37.9. The lowest BCUT2D eigenvalue weighted by atomic mass is 9.94. The van der Waals surface area contributed by atoms with Gasteiger partial charge in [-0.3, -0.25) is 0 Å². The summed E-state index contributed by atoms with van der Waals surface area (Å²) < 4.78 is 0. The number of anilines is 6. The molecule has 19 aromatic carbocycles. The number of hydrogen-bond acceptors (Lipinski definition) is 2. The van der Waals surface area contributed by atoms with Crippen LogP contribution in [0.1, 0.15) is 11.1 Å². The highest BCUT2D eigenvalue weighted by molar-refractivity contribution is 6.01. The second-order valence-electron chi connectivity index (χ2n) is 28.4. The van der Waals surface area contributed by atoms with Crippen molar-refractivity contribution in [1.82, 2.24) is 0 Å². The molecule has 0 amide bonds. The van der Waals surface area contributed by atoms with E-state index in [0.29, 0.717) is 0 Å². The van der Waals surface area contributed by atoms with E-state index in [4.69, 9.17) is 0 Å². The highest BCUT2D eigenvalue weighted by Crippen LogP contribution is 2.44.